The molecule has 4 rings (SSSR count). The lowest BCUT2D eigenvalue weighted by atomic mass is 10.2. The average molecular weight is 365 g/mol. The number of hydrogen-bond donors (Lipinski definition) is 2. The Labute approximate surface area is 150 Å². The van der Waals surface area contributed by atoms with Crippen LogP contribution in [0.5, 0.6) is 0 Å². The number of H-pyrrole nitrogens is 1. The zero-order valence-corrected chi connectivity index (χ0v) is 14.4. The van der Waals surface area contributed by atoms with Gasteiger partial charge < -0.3 is 10.1 Å². The number of aromatic nitrogens is 4. The molecule has 0 aliphatic rings. The molecule has 0 unspecified atom stereocenters. The van der Waals surface area contributed by atoms with Gasteiger partial charge in [-0.25, -0.2) is 15.0 Å². The van der Waals surface area contributed by atoms with Gasteiger partial charge in [0.25, 0.3) is 0 Å². The van der Waals surface area contributed by atoms with Crippen LogP contribution in [0.15, 0.2) is 52.8 Å². The third-order valence-corrected chi connectivity index (χ3v) is 5.43. The lowest BCUT2D eigenvalue weighted by Gasteiger charge is -2.03. The highest BCUT2D eigenvalue weighted by Crippen LogP contribution is 2.29. The van der Waals surface area contributed by atoms with E-state index in [0.29, 0.717) is 5.82 Å². The van der Waals surface area contributed by atoms with Crippen LogP contribution in [0.3, 0.4) is 0 Å². The van der Waals surface area contributed by atoms with E-state index in [4.69, 9.17) is 0 Å². The summed E-state index contributed by atoms with van der Waals surface area (Å²) < 4.78 is 0. The van der Waals surface area contributed by atoms with Crippen LogP contribution in [0.2, 0.25) is 0 Å². The molecule has 8 heteroatoms. The van der Waals surface area contributed by atoms with Crippen molar-refractivity contribution in [3.63, 3.8) is 0 Å². The van der Waals surface area contributed by atoms with Gasteiger partial charge in [0.15, 0.2) is 5.82 Å². The van der Waals surface area contributed by atoms with Crippen LogP contribution in [0.1, 0.15) is 5.82 Å². The largest absolute Gasteiger partial charge is 0.510 e. The van der Waals surface area contributed by atoms with Crippen molar-refractivity contribution in [3.8, 4) is 6.07 Å². The second-order valence-electron chi connectivity index (χ2n) is 5.14. The number of imidazole rings is 1. The lowest BCUT2D eigenvalue weighted by Crippen LogP contribution is -1.96. The minimum absolute atomic E-state index is 0.0338. The molecule has 0 fully saturated rings. The molecule has 3 heterocycles. The van der Waals surface area contributed by atoms with Crippen molar-refractivity contribution in [1.29, 1.82) is 5.26 Å². The van der Waals surface area contributed by atoms with Crippen molar-refractivity contribution in [3.05, 3.63) is 53.6 Å². The molecular formula is C17H11N5OS2. The molecule has 122 valence electrons. The molecule has 0 saturated heterocycles. The van der Waals surface area contributed by atoms with Gasteiger partial charge in [-0.05, 0) is 23.6 Å². The Hall–Kier alpha value is -2.89. The highest BCUT2D eigenvalue weighted by atomic mass is 32.2. The van der Waals surface area contributed by atoms with Crippen molar-refractivity contribution in [2.24, 2.45) is 0 Å². The number of thiophene rings is 1. The third kappa shape index (κ3) is 2.95. The summed E-state index contributed by atoms with van der Waals surface area (Å²) in [7, 11) is 0. The van der Waals surface area contributed by atoms with E-state index >= 15 is 0 Å². The molecule has 3 aromatic heterocycles. The van der Waals surface area contributed by atoms with Gasteiger partial charge in [-0.3, -0.25) is 0 Å². The maximum atomic E-state index is 10.4. The fraction of sp³-hybridized carbons (Fsp3) is 0.0588. The number of aromatic amines is 1. The maximum absolute atomic E-state index is 10.4. The average Bonchev–Trinajstić information content (AvgIpc) is 3.27. The van der Waals surface area contributed by atoms with Crippen LogP contribution < -0.4 is 0 Å². The molecule has 0 amide bonds. The van der Waals surface area contributed by atoms with E-state index < -0.39 is 0 Å². The fourth-order valence-corrected chi connectivity index (χ4v) is 4.07. The quantitative estimate of drug-likeness (QED) is 0.244. The third-order valence-electron chi connectivity index (χ3n) is 3.60. The molecule has 0 aliphatic heterocycles. The zero-order valence-electron chi connectivity index (χ0n) is 12.8. The van der Waals surface area contributed by atoms with Gasteiger partial charge in [-0.15, -0.1) is 11.3 Å². The first kappa shape index (κ1) is 15.6. The zero-order chi connectivity index (χ0) is 17.2. The highest BCUT2D eigenvalue weighted by molar-refractivity contribution is 7.99. The summed E-state index contributed by atoms with van der Waals surface area (Å²) in [5.74, 6) is 0.556. The summed E-state index contributed by atoms with van der Waals surface area (Å²) in [6.45, 7) is 0. The predicted octanol–water partition coefficient (Wildman–Crippen LogP) is 4.15. The molecule has 2 N–H and O–H groups in total. The van der Waals surface area contributed by atoms with Crippen LogP contribution in [0, 0.1) is 11.3 Å². The van der Waals surface area contributed by atoms with Crippen molar-refractivity contribution >= 4 is 49.9 Å². The number of allylic oxidation sites excluding steroid dienone is 1. The summed E-state index contributed by atoms with van der Waals surface area (Å²) in [5.41, 5.74) is 1.71. The molecule has 0 spiro atoms. The Balaban J connectivity index is 1.63. The molecule has 1 aromatic carbocycles. The Morgan fingerprint density at radius 1 is 1.28 bits per heavy atom. The second kappa shape index (κ2) is 6.55. The minimum atomic E-state index is -0.0338. The number of benzene rings is 1. The number of aliphatic hydroxyl groups excluding tert-OH is 1. The molecule has 4 aromatic rings. The number of aliphatic hydroxyl groups is 1. The Morgan fingerprint density at radius 2 is 2.16 bits per heavy atom. The standard InChI is InChI=1S/C17H11N5OS2/c18-7-11(15-21-12-3-1-2-4-13(12)22-15)14(23)8-25-17-10-5-6-24-16(10)19-9-20-17/h1-6,9,23H,8H2,(H,21,22)/b14-11-. The number of nitrogens with zero attached hydrogens (tertiary/aromatic N) is 4. The summed E-state index contributed by atoms with van der Waals surface area (Å²) in [5, 5.41) is 23.5. The van der Waals surface area contributed by atoms with E-state index in [2.05, 4.69) is 19.9 Å². The summed E-state index contributed by atoms with van der Waals surface area (Å²) >= 11 is 2.90. The first-order valence-electron chi connectivity index (χ1n) is 7.34. The smallest absolute Gasteiger partial charge is 0.152 e. The first-order chi connectivity index (χ1) is 12.3. The summed E-state index contributed by atoms with van der Waals surface area (Å²) in [6.07, 6.45) is 1.51. The van der Waals surface area contributed by atoms with E-state index in [-0.39, 0.29) is 17.1 Å². The summed E-state index contributed by atoms with van der Waals surface area (Å²) in [4.78, 5) is 16.8. The first-order valence-corrected chi connectivity index (χ1v) is 9.21. The van der Waals surface area contributed by atoms with E-state index in [1.165, 1.54) is 29.4 Å². The van der Waals surface area contributed by atoms with Crippen LogP contribution in [0.4, 0.5) is 0 Å². The van der Waals surface area contributed by atoms with Gasteiger partial charge in [0, 0.05) is 5.39 Å². The molecule has 0 saturated carbocycles. The van der Waals surface area contributed by atoms with Gasteiger partial charge in [0.2, 0.25) is 0 Å². The molecule has 25 heavy (non-hydrogen) atoms. The van der Waals surface area contributed by atoms with Gasteiger partial charge >= 0.3 is 0 Å². The number of rotatable bonds is 4. The normalized spacial score (nSPS) is 12.3. The van der Waals surface area contributed by atoms with Crippen LogP contribution in [0.25, 0.3) is 26.8 Å². The van der Waals surface area contributed by atoms with E-state index in [1.54, 1.807) is 0 Å². The van der Waals surface area contributed by atoms with Crippen LogP contribution >= 0.6 is 23.1 Å². The molecule has 6 nitrogen and oxygen atoms in total. The number of nitriles is 1. The Morgan fingerprint density at radius 3 is 3.00 bits per heavy atom. The van der Waals surface area contributed by atoms with Gasteiger partial charge in [0.1, 0.15) is 33.6 Å². The van der Waals surface area contributed by atoms with Crippen LogP contribution in [-0.4, -0.2) is 30.8 Å². The highest BCUT2D eigenvalue weighted by Gasteiger charge is 2.14. The SMILES string of the molecule is N#C/C(=C(/O)CSc1ncnc2sccc12)c1nc2ccccc2[nH]1. The van der Waals surface area contributed by atoms with Crippen molar-refractivity contribution < 1.29 is 5.11 Å². The number of nitrogens with one attached hydrogen (secondary N) is 1. The number of thioether (sulfide) groups is 1. The topological polar surface area (TPSA) is 98.5 Å². The molecular weight excluding hydrogens is 354 g/mol. The molecule has 0 bridgehead atoms. The monoisotopic (exact) mass is 365 g/mol. The maximum Gasteiger partial charge on any atom is 0.152 e. The van der Waals surface area contributed by atoms with Crippen molar-refractivity contribution in [2.45, 2.75) is 5.03 Å². The number of hydrogen-bond acceptors (Lipinski definition) is 7. The minimum Gasteiger partial charge on any atom is -0.510 e. The van der Waals surface area contributed by atoms with Crippen molar-refractivity contribution in [2.75, 3.05) is 5.75 Å². The second-order valence-corrected chi connectivity index (χ2v) is 7.00. The van der Waals surface area contributed by atoms with Crippen LogP contribution in [-0.2, 0) is 0 Å². The van der Waals surface area contributed by atoms with E-state index in [9.17, 15) is 10.4 Å². The number of para-hydroxylation sites is 2. The van der Waals surface area contributed by atoms with Gasteiger partial charge in [0.05, 0.1) is 16.8 Å². The molecule has 0 aliphatic carbocycles. The Kier molecular flexibility index (Phi) is 4.09. The molecule has 0 radical (unpaired) electrons. The van der Waals surface area contributed by atoms with E-state index in [1.807, 2.05) is 41.8 Å². The summed E-state index contributed by atoms with van der Waals surface area (Å²) in [6, 6.07) is 11.5. The predicted molar refractivity (Wildman–Crippen MR) is 99.4 cm³/mol. The number of fused-ring (bicyclic) bond motifs is 2. The van der Waals surface area contributed by atoms with Crippen molar-refractivity contribution in [1.82, 2.24) is 19.9 Å². The Bertz CT molecular complexity index is 1110. The lowest BCUT2D eigenvalue weighted by molar-refractivity contribution is 0.420. The fourth-order valence-electron chi connectivity index (χ4n) is 2.42. The molecule has 0 atom stereocenters. The van der Waals surface area contributed by atoms with E-state index in [0.717, 1.165) is 26.3 Å². The van der Waals surface area contributed by atoms with Gasteiger partial charge in [-0.1, -0.05) is 23.9 Å². The van der Waals surface area contributed by atoms with Gasteiger partial charge in [-0.2, -0.15) is 5.26 Å².